The van der Waals surface area contributed by atoms with Gasteiger partial charge < -0.3 is 14.2 Å². The lowest BCUT2D eigenvalue weighted by Crippen LogP contribution is -2.35. The van der Waals surface area contributed by atoms with E-state index in [1.807, 2.05) is 48.6 Å². The SMILES string of the molecule is COc1cc(C2(c3ccccc3C#N)C=Cc3c(ccc4ccccc34)O2)ccc1OC(F)(F)F. The fraction of sp³-hybridized carbons (Fsp3) is 0.107. The average molecular weight is 473 g/mol. The third-order valence-corrected chi connectivity index (χ3v) is 5.95. The van der Waals surface area contributed by atoms with E-state index in [0.29, 0.717) is 22.4 Å². The zero-order valence-electron chi connectivity index (χ0n) is 18.5. The first kappa shape index (κ1) is 22.4. The van der Waals surface area contributed by atoms with Gasteiger partial charge in [0.2, 0.25) is 0 Å². The van der Waals surface area contributed by atoms with E-state index in [0.717, 1.165) is 16.3 Å². The lowest BCUT2D eigenvalue weighted by molar-refractivity contribution is -0.275. The third-order valence-electron chi connectivity index (χ3n) is 5.95. The fourth-order valence-electron chi connectivity index (χ4n) is 4.41. The molecule has 5 rings (SSSR count). The Morgan fingerprint density at radius 1 is 0.914 bits per heavy atom. The highest BCUT2D eigenvalue weighted by Gasteiger charge is 2.40. The van der Waals surface area contributed by atoms with Crippen LogP contribution in [0.1, 0.15) is 22.3 Å². The van der Waals surface area contributed by atoms with Gasteiger partial charge in [-0.1, -0.05) is 54.6 Å². The normalized spacial score (nSPS) is 16.8. The van der Waals surface area contributed by atoms with Crippen molar-refractivity contribution in [3.63, 3.8) is 0 Å². The zero-order valence-corrected chi connectivity index (χ0v) is 18.5. The quantitative estimate of drug-likeness (QED) is 0.321. The molecule has 4 aromatic rings. The first-order valence-electron chi connectivity index (χ1n) is 10.7. The second-order valence-electron chi connectivity index (χ2n) is 7.94. The second-order valence-corrected chi connectivity index (χ2v) is 7.94. The minimum Gasteiger partial charge on any atom is -0.493 e. The smallest absolute Gasteiger partial charge is 0.493 e. The Labute approximate surface area is 199 Å². The Hall–Kier alpha value is -4.44. The van der Waals surface area contributed by atoms with Crippen LogP contribution in [0.15, 0.2) is 84.9 Å². The lowest BCUT2D eigenvalue weighted by Gasteiger charge is -2.37. The number of halogens is 3. The van der Waals surface area contributed by atoms with Crippen molar-refractivity contribution >= 4 is 16.8 Å². The fourth-order valence-corrected chi connectivity index (χ4v) is 4.41. The van der Waals surface area contributed by atoms with Gasteiger partial charge in [-0.3, -0.25) is 0 Å². The maximum absolute atomic E-state index is 12.9. The van der Waals surface area contributed by atoms with Crippen LogP contribution < -0.4 is 14.2 Å². The minimum atomic E-state index is -4.87. The highest BCUT2D eigenvalue weighted by molar-refractivity contribution is 5.94. The van der Waals surface area contributed by atoms with E-state index in [2.05, 4.69) is 10.8 Å². The number of fused-ring (bicyclic) bond motifs is 3. The summed E-state index contributed by atoms with van der Waals surface area (Å²) < 4.78 is 54.6. The van der Waals surface area contributed by atoms with Gasteiger partial charge >= 0.3 is 6.36 Å². The van der Waals surface area contributed by atoms with Gasteiger partial charge in [-0.05, 0) is 47.2 Å². The highest BCUT2D eigenvalue weighted by atomic mass is 19.4. The van der Waals surface area contributed by atoms with Crippen LogP contribution in [0, 0.1) is 11.3 Å². The van der Waals surface area contributed by atoms with Crippen LogP contribution >= 0.6 is 0 Å². The molecule has 0 amide bonds. The number of ether oxygens (including phenoxy) is 3. The van der Waals surface area contributed by atoms with Crippen molar-refractivity contribution in [3.8, 4) is 23.3 Å². The van der Waals surface area contributed by atoms with E-state index in [-0.39, 0.29) is 5.75 Å². The molecule has 0 spiro atoms. The van der Waals surface area contributed by atoms with Gasteiger partial charge in [-0.2, -0.15) is 5.26 Å². The molecule has 1 aliphatic heterocycles. The van der Waals surface area contributed by atoms with Crippen LogP contribution in [0.25, 0.3) is 16.8 Å². The number of alkyl halides is 3. The summed E-state index contributed by atoms with van der Waals surface area (Å²) in [5.74, 6) is -0.0119. The largest absolute Gasteiger partial charge is 0.573 e. The molecular weight excluding hydrogens is 455 g/mol. The van der Waals surface area contributed by atoms with Crippen molar-refractivity contribution in [1.82, 2.24) is 0 Å². The number of nitriles is 1. The predicted molar refractivity (Wildman–Crippen MR) is 125 cm³/mol. The predicted octanol–water partition coefficient (Wildman–Crippen LogP) is 6.97. The van der Waals surface area contributed by atoms with Crippen molar-refractivity contribution in [1.29, 1.82) is 5.26 Å². The van der Waals surface area contributed by atoms with Crippen LogP contribution in [-0.2, 0) is 5.60 Å². The molecule has 0 saturated heterocycles. The molecule has 1 aliphatic rings. The van der Waals surface area contributed by atoms with Crippen LogP contribution in [0.4, 0.5) is 13.2 Å². The van der Waals surface area contributed by atoms with Crippen LogP contribution in [-0.4, -0.2) is 13.5 Å². The number of hydrogen-bond acceptors (Lipinski definition) is 4. The Kier molecular flexibility index (Phi) is 5.37. The van der Waals surface area contributed by atoms with Crippen LogP contribution in [0.3, 0.4) is 0 Å². The molecule has 0 radical (unpaired) electrons. The molecule has 0 aliphatic carbocycles. The Bertz CT molecular complexity index is 1500. The number of hydrogen-bond donors (Lipinski definition) is 0. The average Bonchev–Trinajstić information content (AvgIpc) is 2.87. The minimum absolute atomic E-state index is 0.116. The Morgan fingerprint density at radius 3 is 2.46 bits per heavy atom. The van der Waals surface area contributed by atoms with Gasteiger partial charge in [0.05, 0.1) is 18.7 Å². The van der Waals surface area contributed by atoms with Crippen molar-refractivity contribution in [3.05, 3.63) is 107 Å². The summed E-state index contributed by atoms with van der Waals surface area (Å²) in [7, 11) is 1.26. The summed E-state index contributed by atoms with van der Waals surface area (Å²) in [4.78, 5) is 0. The molecule has 0 saturated carbocycles. The molecule has 0 aromatic heterocycles. The van der Waals surface area contributed by atoms with Crippen molar-refractivity contribution in [2.75, 3.05) is 7.11 Å². The highest BCUT2D eigenvalue weighted by Crippen LogP contribution is 2.47. The van der Waals surface area contributed by atoms with E-state index in [1.54, 1.807) is 24.3 Å². The van der Waals surface area contributed by atoms with E-state index in [9.17, 15) is 18.4 Å². The standard InChI is InChI=1S/C28H18F3NO3/c1-33-26-16-20(11-13-25(26)35-28(29,30)31)27(23-9-5-3-7-19(23)17-32)15-14-22-21-8-4-2-6-18(21)10-12-24(22)34-27/h2-16H,1H3. The van der Waals surface area contributed by atoms with Crippen molar-refractivity contribution < 1.29 is 27.4 Å². The van der Waals surface area contributed by atoms with Crippen molar-refractivity contribution in [2.45, 2.75) is 12.0 Å². The molecule has 7 heteroatoms. The molecule has 0 N–H and O–H groups in total. The first-order valence-corrected chi connectivity index (χ1v) is 10.7. The molecule has 1 atom stereocenters. The van der Waals surface area contributed by atoms with Crippen molar-refractivity contribution in [2.24, 2.45) is 0 Å². The Morgan fingerprint density at radius 2 is 1.69 bits per heavy atom. The summed E-state index contributed by atoms with van der Waals surface area (Å²) in [5.41, 5.74) is 0.963. The lowest BCUT2D eigenvalue weighted by atomic mass is 9.81. The van der Waals surface area contributed by atoms with Gasteiger partial charge in [-0.15, -0.1) is 13.2 Å². The molecular formula is C28H18F3NO3. The number of rotatable bonds is 4. The molecule has 0 bridgehead atoms. The summed E-state index contributed by atoms with van der Waals surface area (Å²) in [5, 5.41) is 11.9. The summed E-state index contributed by atoms with van der Waals surface area (Å²) >= 11 is 0. The maximum Gasteiger partial charge on any atom is 0.573 e. The molecule has 1 unspecified atom stereocenters. The maximum atomic E-state index is 12.9. The third kappa shape index (κ3) is 3.93. The summed E-state index contributed by atoms with van der Waals surface area (Å²) in [6.07, 6.45) is -1.14. The van der Waals surface area contributed by atoms with E-state index in [4.69, 9.17) is 9.47 Å². The number of methoxy groups -OCH3 is 1. The molecule has 0 fully saturated rings. The van der Waals surface area contributed by atoms with Gasteiger partial charge in [0.25, 0.3) is 0 Å². The summed E-state index contributed by atoms with van der Waals surface area (Å²) in [6, 6.07) is 24.9. The van der Waals surface area contributed by atoms with E-state index >= 15 is 0 Å². The second kappa shape index (κ2) is 8.41. The zero-order chi connectivity index (χ0) is 24.6. The topological polar surface area (TPSA) is 51.5 Å². The Balaban J connectivity index is 1.73. The molecule has 4 aromatic carbocycles. The van der Waals surface area contributed by atoms with Gasteiger partial charge in [0.1, 0.15) is 5.75 Å². The number of benzene rings is 4. The summed E-state index contributed by atoms with van der Waals surface area (Å²) in [6.45, 7) is 0. The first-order chi connectivity index (χ1) is 16.8. The van der Waals surface area contributed by atoms with Crippen LogP contribution in [0.2, 0.25) is 0 Å². The molecule has 35 heavy (non-hydrogen) atoms. The molecule has 1 heterocycles. The van der Waals surface area contributed by atoms with E-state index in [1.165, 1.54) is 25.3 Å². The van der Waals surface area contributed by atoms with E-state index < -0.39 is 17.7 Å². The molecule has 4 nitrogen and oxygen atoms in total. The van der Waals surface area contributed by atoms with Gasteiger partial charge in [0.15, 0.2) is 17.1 Å². The van der Waals surface area contributed by atoms with Crippen LogP contribution in [0.5, 0.6) is 17.2 Å². The monoisotopic (exact) mass is 473 g/mol. The number of nitrogens with zero attached hydrogens (tertiary/aromatic N) is 1. The van der Waals surface area contributed by atoms with Gasteiger partial charge in [0, 0.05) is 16.7 Å². The molecule has 174 valence electrons. The van der Waals surface area contributed by atoms with Gasteiger partial charge in [-0.25, -0.2) is 0 Å².